The topological polar surface area (TPSA) is 67.2 Å². The molecule has 1 rings (SSSR count). The van der Waals surface area contributed by atoms with Crippen molar-refractivity contribution in [3.8, 4) is 11.8 Å². The third-order valence-electron chi connectivity index (χ3n) is 2.70. The summed E-state index contributed by atoms with van der Waals surface area (Å²) in [5.74, 6) is 0.278. The molecule has 0 bridgehead atoms. The first-order valence-corrected chi connectivity index (χ1v) is 7.25. The number of methoxy groups -OCH3 is 1. The maximum atomic E-state index is 12.2. The number of rotatable bonds is 5. The second-order valence-electron chi connectivity index (χ2n) is 4.72. The quantitative estimate of drug-likeness (QED) is 0.821. The molecular formula is C13H17NO3S. The summed E-state index contributed by atoms with van der Waals surface area (Å²) in [5, 5.41) is 8.89. The summed E-state index contributed by atoms with van der Waals surface area (Å²) in [5.41, 5.74) is -0.644. The molecule has 4 nitrogen and oxygen atoms in total. The van der Waals surface area contributed by atoms with Crippen molar-refractivity contribution in [2.24, 2.45) is 5.41 Å². The van der Waals surface area contributed by atoms with Gasteiger partial charge in [-0.2, -0.15) is 5.26 Å². The van der Waals surface area contributed by atoms with Crippen LogP contribution in [0, 0.1) is 16.7 Å². The van der Waals surface area contributed by atoms with Crippen molar-refractivity contribution in [2.45, 2.75) is 25.2 Å². The Morgan fingerprint density at radius 1 is 1.33 bits per heavy atom. The molecule has 0 aromatic heterocycles. The van der Waals surface area contributed by atoms with Crippen LogP contribution in [-0.4, -0.2) is 21.3 Å². The van der Waals surface area contributed by atoms with E-state index < -0.39 is 15.3 Å². The Kier molecular flexibility index (Phi) is 4.36. The summed E-state index contributed by atoms with van der Waals surface area (Å²) >= 11 is 0. The molecule has 1 aromatic carbocycles. The van der Waals surface area contributed by atoms with Gasteiger partial charge in [-0.1, -0.05) is 12.1 Å². The van der Waals surface area contributed by atoms with E-state index in [1.54, 1.807) is 32.0 Å². The first-order valence-electron chi connectivity index (χ1n) is 5.59. The van der Waals surface area contributed by atoms with Gasteiger partial charge in [0.05, 0.1) is 24.3 Å². The Bertz CT molecular complexity index is 556. The van der Waals surface area contributed by atoms with E-state index in [9.17, 15) is 8.42 Å². The van der Waals surface area contributed by atoms with Gasteiger partial charge in [-0.25, -0.2) is 8.42 Å². The van der Waals surface area contributed by atoms with Crippen LogP contribution in [-0.2, 0) is 9.84 Å². The maximum Gasteiger partial charge on any atom is 0.182 e. The SMILES string of the molecule is COc1ccccc1S(=O)(=O)CCC(C)(C)C#N. The number of hydrogen-bond donors (Lipinski definition) is 0. The van der Waals surface area contributed by atoms with Crippen LogP contribution in [0.3, 0.4) is 0 Å². The summed E-state index contributed by atoms with van der Waals surface area (Å²) in [6.07, 6.45) is 0.296. The van der Waals surface area contributed by atoms with Crippen molar-refractivity contribution < 1.29 is 13.2 Å². The van der Waals surface area contributed by atoms with Crippen molar-refractivity contribution in [1.82, 2.24) is 0 Å². The molecule has 0 saturated heterocycles. The number of hydrogen-bond acceptors (Lipinski definition) is 4. The van der Waals surface area contributed by atoms with Crippen molar-refractivity contribution in [2.75, 3.05) is 12.9 Å². The molecule has 98 valence electrons. The standard InChI is InChI=1S/C13H17NO3S/c1-13(2,10-14)8-9-18(15,16)12-7-5-4-6-11(12)17-3/h4-7H,8-9H2,1-3H3. The maximum absolute atomic E-state index is 12.2. The summed E-state index contributed by atoms with van der Waals surface area (Å²) in [6.45, 7) is 3.45. The lowest BCUT2D eigenvalue weighted by Gasteiger charge is -2.15. The van der Waals surface area contributed by atoms with Crippen LogP contribution >= 0.6 is 0 Å². The number of sulfone groups is 1. The molecule has 0 aliphatic carbocycles. The van der Waals surface area contributed by atoms with Gasteiger partial charge < -0.3 is 4.74 Å². The summed E-state index contributed by atoms with van der Waals surface area (Å²) in [4.78, 5) is 0.182. The predicted octanol–water partition coefficient (Wildman–Crippen LogP) is 2.41. The number of nitriles is 1. The summed E-state index contributed by atoms with van der Waals surface area (Å²) in [6, 6.07) is 8.61. The monoisotopic (exact) mass is 267 g/mol. The molecular weight excluding hydrogens is 250 g/mol. The first kappa shape index (κ1) is 14.5. The summed E-state index contributed by atoms with van der Waals surface area (Å²) in [7, 11) is -1.98. The zero-order valence-electron chi connectivity index (χ0n) is 10.8. The van der Waals surface area contributed by atoms with E-state index in [2.05, 4.69) is 6.07 Å². The van der Waals surface area contributed by atoms with Crippen LogP contribution in [0.25, 0.3) is 0 Å². The summed E-state index contributed by atoms with van der Waals surface area (Å²) < 4.78 is 29.4. The van der Waals surface area contributed by atoms with Crippen LogP contribution in [0.4, 0.5) is 0 Å². The van der Waals surface area contributed by atoms with E-state index in [4.69, 9.17) is 10.00 Å². The molecule has 0 N–H and O–H groups in total. The van der Waals surface area contributed by atoms with Gasteiger partial charge in [0.25, 0.3) is 0 Å². The average molecular weight is 267 g/mol. The third-order valence-corrected chi connectivity index (χ3v) is 4.45. The molecule has 0 radical (unpaired) electrons. The normalized spacial score (nSPS) is 11.9. The predicted molar refractivity (Wildman–Crippen MR) is 69.1 cm³/mol. The first-order chi connectivity index (χ1) is 8.32. The molecule has 1 aromatic rings. The lowest BCUT2D eigenvalue weighted by atomic mass is 9.93. The Hall–Kier alpha value is -1.54. The molecule has 5 heteroatoms. The molecule has 0 atom stereocenters. The van der Waals surface area contributed by atoms with E-state index >= 15 is 0 Å². The smallest absolute Gasteiger partial charge is 0.182 e. The largest absolute Gasteiger partial charge is 0.495 e. The fourth-order valence-electron chi connectivity index (χ4n) is 1.43. The van der Waals surface area contributed by atoms with Crippen molar-refractivity contribution in [3.05, 3.63) is 24.3 Å². The van der Waals surface area contributed by atoms with E-state index in [-0.39, 0.29) is 10.6 Å². The van der Waals surface area contributed by atoms with Crippen LogP contribution in [0.2, 0.25) is 0 Å². The number of nitrogens with zero attached hydrogens (tertiary/aromatic N) is 1. The highest BCUT2D eigenvalue weighted by molar-refractivity contribution is 7.91. The van der Waals surface area contributed by atoms with Crippen LogP contribution in [0.1, 0.15) is 20.3 Å². The Morgan fingerprint density at radius 3 is 2.50 bits per heavy atom. The van der Waals surface area contributed by atoms with Gasteiger partial charge in [0.2, 0.25) is 0 Å². The highest BCUT2D eigenvalue weighted by Gasteiger charge is 2.24. The molecule has 0 fully saturated rings. The van der Waals surface area contributed by atoms with E-state index in [1.807, 2.05) is 0 Å². The van der Waals surface area contributed by atoms with Crippen LogP contribution < -0.4 is 4.74 Å². The highest BCUT2D eigenvalue weighted by atomic mass is 32.2. The third kappa shape index (κ3) is 3.47. The minimum atomic E-state index is -3.42. The van der Waals surface area contributed by atoms with Gasteiger partial charge >= 0.3 is 0 Å². The van der Waals surface area contributed by atoms with Crippen molar-refractivity contribution >= 4 is 9.84 Å². The highest BCUT2D eigenvalue weighted by Crippen LogP contribution is 2.27. The van der Waals surface area contributed by atoms with Crippen molar-refractivity contribution in [3.63, 3.8) is 0 Å². The second kappa shape index (κ2) is 5.40. The molecule has 0 heterocycles. The van der Waals surface area contributed by atoms with Gasteiger partial charge in [0.15, 0.2) is 9.84 Å². The Morgan fingerprint density at radius 2 is 1.94 bits per heavy atom. The molecule has 0 aliphatic heterocycles. The van der Waals surface area contributed by atoms with Gasteiger partial charge in [0, 0.05) is 0 Å². The fraction of sp³-hybridized carbons (Fsp3) is 0.462. The molecule has 0 amide bonds. The van der Waals surface area contributed by atoms with Crippen molar-refractivity contribution in [1.29, 1.82) is 5.26 Å². The van der Waals surface area contributed by atoms with Gasteiger partial charge in [0.1, 0.15) is 10.6 Å². The Labute approximate surface area is 108 Å². The second-order valence-corrected chi connectivity index (χ2v) is 6.79. The number of benzene rings is 1. The van der Waals surface area contributed by atoms with Gasteiger partial charge in [-0.15, -0.1) is 0 Å². The fourth-order valence-corrected chi connectivity index (χ4v) is 3.17. The van der Waals surface area contributed by atoms with Crippen LogP contribution in [0.5, 0.6) is 5.75 Å². The van der Waals surface area contributed by atoms with Gasteiger partial charge in [-0.05, 0) is 32.4 Å². The number of para-hydroxylation sites is 1. The minimum Gasteiger partial charge on any atom is -0.495 e. The van der Waals surface area contributed by atoms with Crippen LogP contribution in [0.15, 0.2) is 29.2 Å². The zero-order valence-corrected chi connectivity index (χ0v) is 11.6. The molecule has 0 saturated carbocycles. The molecule has 0 aliphatic rings. The number of ether oxygens (including phenoxy) is 1. The Balaban J connectivity index is 2.98. The minimum absolute atomic E-state index is 0.0616. The lowest BCUT2D eigenvalue weighted by Crippen LogP contribution is -2.16. The molecule has 0 spiro atoms. The lowest BCUT2D eigenvalue weighted by molar-refractivity contribution is 0.402. The zero-order chi connectivity index (χ0) is 13.8. The van der Waals surface area contributed by atoms with E-state index in [1.165, 1.54) is 13.2 Å². The van der Waals surface area contributed by atoms with E-state index in [0.717, 1.165) is 0 Å². The average Bonchev–Trinajstić information content (AvgIpc) is 2.37. The van der Waals surface area contributed by atoms with E-state index in [0.29, 0.717) is 12.2 Å². The van der Waals surface area contributed by atoms with Gasteiger partial charge in [-0.3, -0.25) is 0 Å². The molecule has 18 heavy (non-hydrogen) atoms. The molecule has 0 unspecified atom stereocenters.